The minimum atomic E-state index is 0.475. The van der Waals surface area contributed by atoms with Crippen LogP contribution >= 0.6 is 0 Å². The molecule has 168 valence electrons. The van der Waals surface area contributed by atoms with Gasteiger partial charge >= 0.3 is 0 Å². The Balaban J connectivity index is 2.37. The van der Waals surface area contributed by atoms with Crippen molar-refractivity contribution in [3.8, 4) is 0 Å². The van der Waals surface area contributed by atoms with E-state index in [2.05, 4.69) is 110 Å². The van der Waals surface area contributed by atoms with Crippen LogP contribution in [0.2, 0.25) is 0 Å². The zero-order valence-electron chi connectivity index (χ0n) is 21.1. The van der Waals surface area contributed by atoms with E-state index in [-0.39, 0.29) is 0 Å². The summed E-state index contributed by atoms with van der Waals surface area (Å²) in [5.41, 5.74) is 9.87. The van der Waals surface area contributed by atoms with Crippen LogP contribution in [0.25, 0.3) is 0 Å². The molecule has 2 rings (SSSR count). The summed E-state index contributed by atoms with van der Waals surface area (Å²) in [6.07, 6.45) is 4.29. The van der Waals surface area contributed by atoms with E-state index in [4.69, 9.17) is 4.99 Å². The van der Waals surface area contributed by atoms with Gasteiger partial charge in [-0.15, -0.1) is 0 Å². The molecule has 1 N–H and O–H groups in total. The highest BCUT2D eigenvalue weighted by Gasteiger charge is 2.13. The largest absolute Gasteiger partial charge is 0.359 e. The minimum Gasteiger partial charge on any atom is -0.359 e. The molecule has 0 aliphatic carbocycles. The molecule has 31 heavy (non-hydrogen) atoms. The molecule has 2 nitrogen and oxygen atoms in total. The van der Waals surface area contributed by atoms with Crippen LogP contribution in [0.1, 0.15) is 83.6 Å². The molecule has 0 spiro atoms. The van der Waals surface area contributed by atoms with Crippen molar-refractivity contribution in [2.45, 2.75) is 81.1 Å². The van der Waals surface area contributed by atoms with Gasteiger partial charge in [0.2, 0.25) is 0 Å². The van der Waals surface area contributed by atoms with Crippen molar-refractivity contribution in [1.82, 2.24) is 0 Å². The maximum atomic E-state index is 5.02. The molecule has 2 heteroatoms. The number of rotatable bonds is 9. The summed E-state index contributed by atoms with van der Waals surface area (Å²) in [4.78, 5) is 5.02. The first kappa shape index (κ1) is 24.9. The summed E-state index contributed by atoms with van der Waals surface area (Å²) in [6.45, 7) is 20.0. The van der Waals surface area contributed by atoms with Gasteiger partial charge in [0, 0.05) is 17.1 Å². The van der Waals surface area contributed by atoms with Crippen LogP contribution < -0.4 is 5.32 Å². The fourth-order valence-electron chi connectivity index (χ4n) is 4.10. The van der Waals surface area contributed by atoms with Crippen LogP contribution in [0.3, 0.4) is 0 Å². The predicted octanol–water partition coefficient (Wildman–Crippen LogP) is 8.62. The zero-order valence-corrected chi connectivity index (χ0v) is 21.1. The fourth-order valence-corrected chi connectivity index (χ4v) is 4.10. The second-order valence-electron chi connectivity index (χ2n) is 10.0. The summed E-state index contributed by atoms with van der Waals surface area (Å²) in [5, 5.41) is 3.72. The van der Waals surface area contributed by atoms with Crippen molar-refractivity contribution in [3.63, 3.8) is 0 Å². The van der Waals surface area contributed by atoms with E-state index in [9.17, 15) is 0 Å². The van der Waals surface area contributed by atoms with Crippen LogP contribution in [0.4, 0.5) is 11.4 Å². The lowest BCUT2D eigenvalue weighted by Gasteiger charge is -2.20. The van der Waals surface area contributed by atoms with Crippen LogP contribution in [-0.4, -0.2) is 5.71 Å². The van der Waals surface area contributed by atoms with Crippen LogP contribution in [-0.2, 0) is 12.8 Å². The number of aliphatic imine (C=N–C) groups is 1. The molecule has 0 saturated carbocycles. The Morgan fingerprint density at radius 2 is 1.45 bits per heavy atom. The van der Waals surface area contributed by atoms with Crippen LogP contribution in [0.15, 0.2) is 53.2 Å². The van der Waals surface area contributed by atoms with Crippen LogP contribution in [0.5, 0.6) is 0 Å². The molecule has 0 fully saturated rings. The predicted molar refractivity (Wildman–Crippen MR) is 139 cm³/mol. The molecule has 0 heterocycles. The Bertz CT molecular complexity index is 930. The fraction of sp³-hybridized carbons (Fsp3) is 0.483. The molecule has 0 radical (unpaired) electrons. The third kappa shape index (κ3) is 7.38. The topological polar surface area (TPSA) is 24.4 Å². The van der Waals surface area contributed by atoms with E-state index in [0.717, 1.165) is 29.9 Å². The average molecular weight is 419 g/mol. The summed E-state index contributed by atoms with van der Waals surface area (Å²) in [6, 6.07) is 13.2. The summed E-state index contributed by atoms with van der Waals surface area (Å²) >= 11 is 0. The maximum Gasteiger partial charge on any atom is 0.0694 e. The highest BCUT2D eigenvalue weighted by atomic mass is 14.9. The number of allylic oxidation sites excluding steroid dienone is 2. The Hall–Kier alpha value is -2.35. The minimum absolute atomic E-state index is 0.475. The molecule has 0 amide bonds. The van der Waals surface area contributed by atoms with E-state index < -0.39 is 0 Å². The van der Waals surface area contributed by atoms with Gasteiger partial charge in [-0.2, -0.15) is 0 Å². The van der Waals surface area contributed by atoms with E-state index in [0.29, 0.717) is 17.8 Å². The quantitative estimate of drug-likeness (QED) is 0.405. The molecular weight excluding hydrogens is 376 g/mol. The van der Waals surface area contributed by atoms with Crippen molar-refractivity contribution >= 4 is 17.1 Å². The first-order valence-corrected chi connectivity index (χ1v) is 11.8. The van der Waals surface area contributed by atoms with Crippen molar-refractivity contribution in [2.24, 2.45) is 16.8 Å². The number of anilines is 1. The number of hydrogen-bond donors (Lipinski definition) is 1. The van der Waals surface area contributed by atoms with Crippen molar-refractivity contribution in [2.75, 3.05) is 5.32 Å². The highest BCUT2D eigenvalue weighted by molar-refractivity contribution is 5.96. The van der Waals surface area contributed by atoms with E-state index in [1.165, 1.54) is 27.9 Å². The standard InChI is InChI=1S/C29H42N2/c1-19(2)16-25-13-10-12-22(7)28(25)30-23(8)18-24(9)31-29-26(17-20(3)4)14-11-15-27(29)21(5)6/h10-15,18-21,31H,16-17H2,1-9H3. The Kier molecular flexibility index (Phi) is 9.10. The molecule has 0 aliphatic heterocycles. The lowest BCUT2D eigenvalue weighted by atomic mass is 9.93. The monoisotopic (exact) mass is 418 g/mol. The molecule has 0 aromatic heterocycles. The zero-order chi connectivity index (χ0) is 23.1. The molecule has 0 bridgehead atoms. The smallest absolute Gasteiger partial charge is 0.0694 e. The van der Waals surface area contributed by atoms with Crippen LogP contribution in [0, 0.1) is 18.8 Å². The van der Waals surface area contributed by atoms with Crippen molar-refractivity contribution < 1.29 is 0 Å². The second-order valence-corrected chi connectivity index (χ2v) is 10.0. The van der Waals surface area contributed by atoms with Gasteiger partial charge in [-0.3, -0.25) is 4.99 Å². The summed E-state index contributed by atoms with van der Waals surface area (Å²) in [7, 11) is 0. The van der Waals surface area contributed by atoms with Gasteiger partial charge in [0.1, 0.15) is 0 Å². The van der Waals surface area contributed by atoms with E-state index >= 15 is 0 Å². The molecule has 2 aromatic rings. The molecule has 0 aliphatic rings. The van der Waals surface area contributed by atoms with Gasteiger partial charge in [0.25, 0.3) is 0 Å². The SMILES string of the molecule is CC(=CC(C)=Nc1c(C)cccc1CC(C)C)Nc1c(CC(C)C)cccc1C(C)C. The van der Waals surface area contributed by atoms with Gasteiger partial charge < -0.3 is 5.32 Å². The van der Waals surface area contributed by atoms with Gasteiger partial charge in [-0.05, 0) is 79.7 Å². The molecular formula is C29H42N2. The van der Waals surface area contributed by atoms with E-state index in [1.807, 2.05) is 0 Å². The van der Waals surface area contributed by atoms with Gasteiger partial charge in [-0.25, -0.2) is 0 Å². The number of nitrogens with zero attached hydrogens (tertiary/aromatic N) is 1. The van der Waals surface area contributed by atoms with Gasteiger partial charge in [-0.1, -0.05) is 77.9 Å². The summed E-state index contributed by atoms with van der Waals surface area (Å²) < 4.78 is 0. The molecule has 0 unspecified atom stereocenters. The Morgan fingerprint density at radius 1 is 0.871 bits per heavy atom. The van der Waals surface area contributed by atoms with E-state index in [1.54, 1.807) is 0 Å². The number of nitrogens with one attached hydrogen (secondary N) is 1. The van der Waals surface area contributed by atoms with Crippen molar-refractivity contribution in [3.05, 3.63) is 70.4 Å². The van der Waals surface area contributed by atoms with Crippen molar-refractivity contribution in [1.29, 1.82) is 0 Å². The third-order valence-corrected chi connectivity index (χ3v) is 5.42. The summed E-state index contributed by atoms with van der Waals surface area (Å²) in [5.74, 6) is 1.71. The Labute approximate surface area is 190 Å². The molecule has 0 atom stereocenters. The average Bonchev–Trinajstić information content (AvgIpc) is 2.64. The highest BCUT2D eigenvalue weighted by Crippen LogP contribution is 2.31. The first-order chi connectivity index (χ1) is 14.6. The maximum absolute atomic E-state index is 5.02. The normalized spacial score (nSPS) is 12.9. The Morgan fingerprint density at radius 3 is 2.06 bits per heavy atom. The molecule has 0 saturated heterocycles. The lowest BCUT2D eigenvalue weighted by Crippen LogP contribution is -2.08. The molecule has 2 aromatic carbocycles. The third-order valence-electron chi connectivity index (χ3n) is 5.42. The van der Waals surface area contributed by atoms with Gasteiger partial charge in [0.05, 0.1) is 5.69 Å². The number of hydrogen-bond acceptors (Lipinski definition) is 2. The lowest BCUT2D eigenvalue weighted by molar-refractivity contribution is 0.647. The first-order valence-electron chi connectivity index (χ1n) is 11.8. The number of benzene rings is 2. The second kappa shape index (κ2) is 11.3. The number of para-hydroxylation sites is 2. The number of aryl methyl sites for hydroxylation is 1. The van der Waals surface area contributed by atoms with Gasteiger partial charge in [0.15, 0.2) is 0 Å².